The van der Waals surface area contributed by atoms with Gasteiger partial charge >= 0.3 is 11.9 Å². The first-order valence-electron chi connectivity index (χ1n) is 14.0. The van der Waals surface area contributed by atoms with Crippen molar-refractivity contribution in [1.29, 1.82) is 0 Å². The van der Waals surface area contributed by atoms with Crippen LogP contribution in [0.4, 0.5) is 5.13 Å². The quantitative estimate of drug-likeness (QED) is 0.169. The third kappa shape index (κ3) is 4.92. The van der Waals surface area contributed by atoms with Crippen molar-refractivity contribution in [3.8, 4) is 11.4 Å². The number of benzene rings is 2. The fraction of sp³-hybridized carbons (Fsp3) is 0.414. The van der Waals surface area contributed by atoms with Crippen molar-refractivity contribution in [3.05, 3.63) is 57.3 Å². The molecule has 0 amide bonds. The largest absolute Gasteiger partial charge is 0.478 e. The molecule has 1 aliphatic heterocycles. The van der Waals surface area contributed by atoms with Gasteiger partial charge in [-0.25, -0.2) is 14.5 Å². The molecule has 2 aromatic carbocycles. The fourth-order valence-corrected chi connectivity index (χ4v) is 7.69. The van der Waals surface area contributed by atoms with Gasteiger partial charge in [-0.1, -0.05) is 52.7 Å². The van der Waals surface area contributed by atoms with Crippen molar-refractivity contribution in [2.75, 3.05) is 11.4 Å². The van der Waals surface area contributed by atoms with Gasteiger partial charge in [-0.3, -0.25) is 4.79 Å². The van der Waals surface area contributed by atoms with E-state index in [0.717, 1.165) is 48.7 Å². The molecule has 0 radical (unpaired) electrons. The van der Waals surface area contributed by atoms with Gasteiger partial charge in [0.25, 0.3) is 0 Å². The van der Waals surface area contributed by atoms with E-state index in [-0.39, 0.29) is 29.9 Å². The first-order valence-corrected chi connectivity index (χ1v) is 15.5. The molecule has 2 bridgehead atoms. The van der Waals surface area contributed by atoms with E-state index in [1.165, 1.54) is 17.4 Å². The summed E-state index contributed by atoms with van der Waals surface area (Å²) in [7, 11) is 0. The molecule has 42 heavy (non-hydrogen) atoms. The highest BCUT2D eigenvalue weighted by molar-refractivity contribution is 7.22. The summed E-state index contributed by atoms with van der Waals surface area (Å²) in [6.45, 7) is 2.82. The molecule has 7 rings (SSSR count). The number of anilines is 1. The maximum absolute atomic E-state index is 12.0. The topological polar surface area (TPSA) is 120 Å². The lowest BCUT2D eigenvalue weighted by Crippen LogP contribution is -2.38. The summed E-state index contributed by atoms with van der Waals surface area (Å²) in [6, 6.07) is 8.58. The smallest absolute Gasteiger partial charge is 0.335 e. The average molecular weight is 629 g/mol. The number of aromatic nitrogens is 4. The van der Waals surface area contributed by atoms with E-state index in [2.05, 4.69) is 15.2 Å². The van der Waals surface area contributed by atoms with Gasteiger partial charge in [0, 0.05) is 30.8 Å². The number of nitrogens with zero attached hydrogens (tertiary/aromatic N) is 5. The predicted molar refractivity (Wildman–Crippen MR) is 158 cm³/mol. The normalized spacial score (nSPS) is 21.4. The van der Waals surface area contributed by atoms with Gasteiger partial charge in [-0.15, -0.1) is 5.10 Å². The highest BCUT2D eigenvalue weighted by Crippen LogP contribution is 2.46. The number of rotatable bonds is 9. The van der Waals surface area contributed by atoms with E-state index in [4.69, 9.17) is 37.7 Å². The minimum atomic E-state index is -1.08. The highest BCUT2D eigenvalue weighted by atomic mass is 35.5. The molecule has 1 saturated heterocycles. The van der Waals surface area contributed by atoms with Gasteiger partial charge in [-0.2, -0.15) is 0 Å². The number of carboxylic acid groups (broad SMARTS) is 1. The molecule has 218 valence electrons. The predicted octanol–water partition coefficient (Wildman–Crippen LogP) is 6.26. The van der Waals surface area contributed by atoms with Gasteiger partial charge in [0.05, 0.1) is 44.4 Å². The summed E-state index contributed by atoms with van der Waals surface area (Å²) in [5.41, 5.74) is 3.02. The molecule has 13 heteroatoms. The number of fused-ring (bicyclic) bond motifs is 3. The fourth-order valence-electron chi connectivity index (χ4n) is 6.03. The van der Waals surface area contributed by atoms with E-state index in [0.29, 0.717) is 44.4 Å². The zero-order valence-corrected chi connectivity index (χ0v) is 25.0. The van der Waals surface area contributed by atoms with Crippen LogP contribution in [0.15, 0.2) is 30.3 Å². The lowest BCUT2D eigenvalue weighted by atomic mass is 10.1. The Balaban J connectivity index is 1.09. The molecule has 1 N–H and O–H groups in total. The number of carboxylic acids is 1. The molecule has 10 nitrogen and oxygen atoms in total. The summed E-state index contributed by atoms with van der Waals surface area (Å²) in [6.07, 6.45) is 4.23. The summed E-state index contributed by atoms with van der Waals surface area (Å²) >= 11 is 14.4. The average Bonchev–Trinajstić information content (AvgIpc) is 3.28. The number of carbonyl (C=O) groups excluding carboxylic acids is 1. The van der Waals surface area contributed by atoms with Crippen LogP contribution in [-0.4, -0.2) is 55.7 Å². The highest BCUT2D eigenvalue weighted by Gasteiger charge is 2.46. The van der Waals surface area contributed by atoms with E-state index < -0.39 is 11.9 Å². The van der Waals surface area contributed by atoms with Crippen LogP contribution in [0.25, 0.3) is 15.9 Å². The van der Waals surface area contributed by atoms with Crippen LogP contribution in [0.2, 0.25) is 10.0 Å². The Hall–Kier alpha value is -3.25. The van der Waals surface area contributed by atoms with Crippen LogP contribution in [0.5, 0.6) is 5.75 Å². The van der Waals surface area contributed by atoms with Gasteiger partial charge < -0.3 is 19.5 Å². The van der Waals surface area contributed by atoms with E-state index in [1.54, 1.807) is 35.9 Å². The summed E-state index contributed by atoms with van der Waals surface area (Å²) in [4.78, 5) is 30.8. The Labute approximate surface area is 255 Å². The number of carbonyl (C=O) groups is 2. The number of aromatic carboxylic acids is 1. The number of halogens is 2. The van der Waals surface area contributed by atoms with Gasteiger partial charge in [0.1, 0.15) is 11.2 Å². The van der Waals surface area contributed by atoms with E-state index in [1.807, 2.05) is 0 Å². The van der Waals surface area contributed by atoms with Crippen LogP contribution in [0.1, 0.15) is 66.7 Å². The molecule has 0 spiro atoms. The van der Waals surface area contributed by atoms with Crippen LogP contribution >= 0.6 is 34.5 Å². The van der Waals surface area contributed by atoms with Crippen molar-refractivity contribution in [2.45, 2.75) is 63.7 Å². The van der Waals surface area contributed by atoms with Crippen molar-refractivity contribution >= 4 is 61.8 Å². The van der Waals surface area contributed by atoms with Crippen LogP contribution in [0.3, 0.4) is 0 Å². The third-order valence-electron chi connectivity index (χ3n) is 8.27. The second kappa shape index (κ2) is 10.8. The second-order valence-electron chi connectivity index (χ2n) is 11.0. The van der Waals surface area contributed by atoms with Gasteiger partial charge in [-0.05, 0) is 49.9 Å². The summed E-state index contributed by atoms with van der Waals surface area (Å²) in [5, 5.41) is 20.3. The second-order valence-corrected chi connectivity index (χ2v) is 12.8. The molecule has 3 atom stereocenters. The monoisotopic (exact) mass is 627 g/mol. The van der Waals surface area contributed by atoms with E-state index in [9.17, 15) is 14.7 Å². The van der Waals surface area contributed by atoms with Crippen molar-refractivity contribution < 1.29 is 24.2 Å². The number of hydrogen-bond donors (Lipinski definition) is 1. The SMILES string of the molecule is CCC(=O)Oc1cc(C(=O)O)cc2sc(N3C[C@@H]4C[C@H]3C[C@H]4OCc3c(C4CC4)nnn3-c3c(Cl)cccc3Cl)nc12. The number of piperidine rings is 1. The minimum Gasteiger partial charge on any atom is -0.478 e. The Bertz CT molecular complexity index is 1700. The summed E-state index contributed by atoms with van der Waals surface area (Å²) < 4.78 is 14.4. The number of thiazole rings is 1. The van der Waals surface area contributed by atoms with Gasteiger partial charge in [0.2, 0.25) is 0 Å². The first kappa shape index (κ1) is 27.6. The molecular formula is C29H27Cl2N5O5S. The number of hydrogen-bond acceptors (Lipinski definition) is 9. The molecule has 3 fully saturated rings. The number of esters is 1. The Kier molecular flexibility index (Phi) is 7.08. The zero-order valence-electron chi connectivity index (χ0n) is 22.6. The lowest BCUT2D eigenvalue weighted by molar-refractivity contribution is -0.133. The third-order valence-corrected chi connectivity index (χ3v) is 9.92. The molecule has 2 saturated carbocycles. The molecule has 2 aliphatic carbocycles. The van der Waals surface area contributed by atoms with Gasteiger partial charge in [0.15, 0.2) is 10.9 Å². The maximum atomic E-state index is 12.0. The Morgan fingerprint density at radius 1 is 1.17 bits per heavy atom. The molecule has 0 unspecified atom stereocenters. The molecular weight excluding hydrogens is 601 g/mol. The standard InChI is InChI=1S/C29H27Cl2N5O5S/c1-2-24(37)41-22-9-15(28(38)39)10-23-26(22)32-29(42-23)35-12-16-8-17(35)11-21(16)40-13-20-25(14-6-7-14)33-34-36(20)27-18(30)4-3-5-19(27)31/h3-5,9-10,14,16-17,21H,2,6-8,11-13H2,1H3,(H,38,39)/t16-,17-,21+/m0/s1. The Morgan fingerprint density at radius 3 is 2.62 bits per heavy atom. The van der Waals surface area contributed by atoms with Crippen molar-refractivity contribution in [2.24, 2.45) is 5.92 Å². The molecule has 2 aromatic heterocycles. The lowest BCUT2D eigenvalue weighted by Gasteiger charge is -2.31. The van der Waals surface area contributed by atoms with Crippen molar-refractivity contribution in [1.82, 2.24) is 20.0 Å². The summed E-state index contributed by atoms with van der Waals surface area (Å²) in [5.74, 6) is -0.645. The molecule has 3 heterocycles. The molecule has 3 aliphatic rings. The number of ether oxygens (including phenoxy) is 2. The van der Waals surface area contributed by atoms with Crippen LogP contribution in [0, 0.1) is 5.92 Å². The van der Waals surface area contributed by atoms with E-state index >= 15 is 0 Å². The Morgan fingerprint density at radius 2 is 1.95 bits per heavy atom. The first-order chi connectivity index (χ1) is 20.3. The molecule has 4 aromatic rings. The number of para-hydroxylation sites is 1. The van der Waals surface area contributed by atoms with Crippen molar-refractivity contribution in [3.63, 3.8) is 0 Å². The minimum absolute atomic E-state index is 0.0605. The van der Waals surface area contributed by atoms with Crippen LogP contribution in [-0.2, 0) is 16.1 Å². The maximum Gasteiger partial charge on any atom is 0.335 e. The zero-order chi connectivity index (χ0) is 29.1. The van der Waals surface area contributed by atoms with Crippen LogP contribution < -0.4 is 9.64 Å².